The molecule has 3 aromatic rings. The third-order valence-corrected chi connectivity index (χ3v) is 6.47. The molecule has 0 saturated carbocycles. The summed E-state index contributed by atoms with van der Waals surface area (Å²) in [5.41, 5.74) is 3.81. The summed E-state index contributed by atoms with van der Waals surface area (Å²) >= 11 is 7.68. The van der Waals surface area contributed by atoms with Gasteiger partial charge in [-0.05, 0) is 59.7 Å². The van der Waals surface area contributed by atoms with Gasteiger partial charge in [0.2, 0.25) is 0 Å². The Morgan fingerprint density at radius 2 is 1.70 bits per heavy atom. The number of anilines is 2. The van der Waals surface area contributed by atoms with Crippen LogP contribution in [0, 0.1) is 6.92 Å². The van der Waals surface area contributed by atoms with Gasteiger partial charge < -0.3 is 5.32 Å². The van der Waals surface area contributed by atoms with Crippen LogP contribution in [0.1, 0.15) is 35.8 Å². The second-order valence-corrected chi connectivity index (χ2v) is 8.81. The molecule has 0 saturated heterocycles. The second kappa shape index (κ2) is 8.09. The fourth-order valence-electron chi connectivity index (χ4n) is 3.45. The summed E-state index contributed by atoms with van der Waals surface area (Å²) in [6.07, 6.45) is 0. The maximum absolute atomic E-state index is 13.4. The molecule has 1 aromatic heterocycles. The minimum Gasteiger partial charge on any atom is -0.350 e. The number of hydrogen-bond acceptors (Lipinski definition) is 4. The summed E-state index contributed by atoms with van der Waals surface area (Å²) < 4.78 is 0. The van der Waals surface area contributed by atoms with Gasteiger partial charge in [0.15, 0.2) is 0 Å². The summed E-state index contributed by atoms with van der Waals surface area (Å²) in [6.45, 7) is 6.06. The molecule has 2 amide bonds. The Labute approximate surface area is 184 Å². The summed E-state index contributed by atoms with van der Waals surface area (Å²) in [7, 11) is 0. The van der Waals surface area contributed by atoms with Crippen LogP contribution in [-0.4, -0.2) is 11.8 Å². The largest absolute Gasteiger partial charge is 0.350 e. The third-order valence-electron chi connectivity index (χ3n) is 5.18. The lowest BCUT2D eigenvalue weighted by Gasteiger charge is -2.18. The first-order valence-corrected chi connectivity index (χ1v) is 10.9. The number of nitrogens with zero attached hydrogens (tertiary/aromatic N) is 1. The van der Waals surface area contributed by atoms with Crippen molar-refractivity contribution in [2.24, 2.45) is 0 Å². The highest BCUT2D eigenvalue weighted by Gasteiger charge is 2.41. The first-order chi connectivity index (χ1) is 14.4. The lowest BCUT2D eigenvalue weighted by molar-refractivity contribution is -0.120. The minimum absolute atomic E-state index is 0.277. The highest BCUT2D eigenvalue weighted by atomic mass is 35.5. The lowest BCUT2D eigenvalue weighted by Crippen LogP contribution is -2.33. The fourth-order valence-corrected chi connectivity index (χ4v) is 4.39. The van der Waals surface area contributed by atoms with Gasteiger partial charge in [-0.15, -0.1) is 11.3 Å². The molecule has 152 valence electrons. The van der Waals surface area contributed by atoms with E-state index in [0.29, 0.717) is 27.8 Å². The van der Waals surface area contributed by atoms with Crippen LogP contribution in [0.5, 0.6) is 0 Å². The molecule has 0 bridgehead atoms. The van der Waals surface area contributed by atoms with Gasteiger partial charge in [-0.3, -0.25) is 9.59 Å². The molecule has 0 fully saturated rings. The van der Waals surface area contributed by atoms with Crippen molar-refractivity contribution in [3.63, 3.8) is 0 Å². The maximum Gasteiger partial charge on any atom is 0.282 e. The molecular weight excluding hydrogens is 416 g/mol. The predicted octanol–water partition coefficient (Wildman–Crippen LogP) is 6.23. The number of halogens is 1. The van der Waals surface area contributed by atoms with Crippen molar-refractivity contribution in [2.45, 2.75) is 26.7 Å². The molecule has 4 rings (SSSR count). The van der Waals surface area contributed by atoms with Gasteiger partial charge in [0.05, 0.1) is 11.3 Å². The average Bonchev–Trinajstić information content (AvgIpc) is 3.32. The molecule has 1 aliphatic rings. The number of thiophene rings is 1. The topological polar surface area (TPSA) is 49.4 Å². The standard InChI is InChI=1S/C24H21ClN2O2S/c1-14(2)16-9-11-17(12-10-16)26-22-21(20-8-5-13-30-20)23(28)27(24(22)29)19-7-4-6-18(25)15(19)3/h4-14,26H,1-3H3. The number of nitrogens with one attached hydrogen (secondary N) is 1. The summed E-state index contributed by atoms with van der Waals surface area (Å²) in [5.74, 6) is -0.327. The molecule has 0 spiro atoms. The molecule has 30 heavy (non-hydrogen) atoms. The van der Waals surface area contributed by atoms with Gasteiger partial charge >= 0.3 is 0 Å². The SMILES string of the molecule is Cc1c(Cl)cccc1N1C(=O)C(Nc2ccc(C(C)C)cc2)=C(c2cccs2)C1=O. The number of carbonyl (C=O) groups is 2. The van der Waals surface area contributed by atoms with E-state index >= 15 is 0 Å². The van der Waals surface area contributed by atoms with Gasteiger partial charge in [0.25, 0.3) is 11.8 Å². The highest BCUT2D eigenvalue weighted by molar-refractivity contribution is 7.11. The number of imide groups is 1. The minimum atomic E-state index is -0.387. The summed E-state index contributed by atoms with van der Waals surface area (Å²) in [4.78, 5) is 28.8. The molecular formula is C24H21ClN2O2S. The molecule has 2 aromatic carbocycles. The zero-order valence-electron chi connectivity index (χ0n) is 16.9. The Kier molecular flexibility index (Phi) is 5.50. The molecule has 2 heterocycles. The number of amides is 2. The number of carbonyl (C=O) groups excluding carboxylic acids is 2. The van der Waals surface area contributed by atoms with E-state index in [1.54, 1.807) is 25.1 Å². The van der Waals surface area contributed by atoms with Gasteiger partial charge in [-0.2, -0.15) is 0 Å². The van der Waals surface area contributed by atoms with Gasteiger partial charge in [-0.25, -0.2) is 4.90 Å². The van der Waals surface area contributed by atoms with Crippen LogP contribution in [0.25, 0.3) is 5.57 Å². The Morgan fingerprint density at radius 3 is 2.33 bits per heavy atom. The molecule has 6 heteroatoms. The van der Waals surface area contributed by atoms with E-state index in [0.717, 1.165) is 10.6 Å². The Morgan fingerprint density at radius 1 is 0.967 bits per heavy atom. The average molecular weight is 437 g/mol. The van der Waals surface area contributed by atoms with Crippen molar-refractivity contribution in [3.05, 3.63) is 86.7 Å². The Balaban J connectivity index is 1.77. The molecule has 0 radical (unpaired) electrons. The number of hydrogen-bond donors (Lipinski definition) is 1. The van der Waals surface area contributed by atoms with E-state index in [4.69, 9.17) is 11.6 Å². The first kappa shape index (κ1) is 20.4. The number of benzene rings is 2. The third kappa shape index (κ3) is 3.55. The molecule has 0 aliphatic carbocycles. The molecule has 0 atom stereocenters. The summed E-state index contributed by atoms with van der Waals surface area (Å²) in [5, 5.41) is 5.60. The van der Waals surface area contributed by atoms with Crippen LogP contribution in [0.15, 0.2) is 65.7 Å². The van der Waals surface area contributed by atoms with Crippen LogP contribution < -0.4 is 10.2 Å². The van der Waals surface area contributed by atoms with Crippen LogP contribution in [-0.2, 0) is 9.59 Å². The molecule has 4 nitrogen and oxygen atoms in total. The van der Waals surface area contributed by atoms with Crippen molar-refractivity contribution < 1.29 is 9.59 Å². The van der Waals surface area contributed by atoms with Crippen LogP contribution in [0.2, 0.25) is 5.02 Å². The van der Waals surface area contributed by atoms with Crippen molar-refractivity contribution in [1.29, 1.82) is 0 Å². The predicted molar refractivity (Wildman–Crippen MR) is 124 cm³/mol. The molecule has 1 N–H and O–H groups in total. The quantitative estimate of drug-likeness (QED) is 0.482. The Bertz CT molecular complexity index is 1150. The van der Waals surface area contributed by atoms with Gasteiger partial charge in [0, 0.05) is 15.6 Å². The normalized spacial score (nSPS) is 14.2. The maximum atomic E-state index is 13.4. The lowest BCUT2D eigenvalue weighted by atomic mass is 10.0. The fraction of sp³-hybridized carbons (Fsp3) is 0.167. The smallest absolute Gasteiger partial charge is 0.282 e. The Hall–Kier alpha value is -2.89. The highest BCUT2D eigenvalue weighted by Crippen LogP contribution is 2.38. The monoisotopic (exact) mass is 436 g/mol. The zero-order valence-corrected chi connectivity index (χ0v) is 18.5. The second-order valence-electron chi connectivity index (χ2n) is 7.46. The van der Waals surface area contributed by atoms with Crippen molar-refractivity contribution in [1.82, 2.24) is 0 Å². The van der Waals surface area contributed by atoms with Gasteiger partial charge in [0.1, 0.15) is 5.70 Å². The van der Waals surface area contributed by atoms with Crippen molar-refractivity contribution >= 4 is 51.7 Å². The van der Waals surface area contributed by atoms with Crippen molar-refractivity contribution in [2.75, 3.05) is 10.2 Å². The van der Waals surface area contributed by atoms with E-state index in [9.17, 15) is 9.59 Å². The van der Waals surface area contributed by atoms with Crippen LogP contribution in [0.3, 0.4) is 0 Å². The van der Waals surface area contributed by atoms with E-state index in [-0.39, 0.29) is 17.5 Å². The van der Waals surface area contributed by atoms with Gasteiger partial charge in [-0.1, -0.05) is 49.7 Å². The van der Waals surface area contributed by atoms with E-state index < -0.39 is 0 Å². The summed E-state index contributed by atoms with van der Waals surface area (Å²) in [6, 6.07) is 16.9. The van der Waals surface area contributed by atoms with E-state index in [2.05, 4.69) is 19.2 Å². The molecule has 0 unspecified atom stereocenters. The first-order valence-electron chi connectivity index (χ1n) is 9.67. The van der Waals surface area contributed by atoms with Crippen LogP contribution >= 0.6 is 22.9 Å². The van der Waals surface area contributed by atoms with Crippen molar-refractivity contribution in [3.8, 4) is 0 Å². The molecule has 1 aliphatic heterocycles. The number of rotatable bonds is 5. The zero-order chi connectivity index (χ0) is 21.4. The van der Waals surface area contributed by atoms with Crippen LogP contribution in [0.4, 0.5) is 11.4 Å². The van der Waals surface area contributed by atoms with E-state index in [1.807, 2.05) is 41.8 Å². The van der Waals surface area contributed by atoms with E-state index in [1.165, 1.54) is 21.8 Å².